The predicted molar refractivity (Wildman–Crippen MR) is 119 cm³/mol. The van der Waals surface area contributed by atoms with Crippen LogP contribution in [0.3, 0.4) is 0 Å². The number of aromatic nitrogens is 2. The highest BCUT2D eigenvalue weighted by molar-refractivity contribution is 7.18. The summed E-state index contributed by atoms with van der Waals surface area (Å²) in [5.74, 6) is 1.51. The average molecular weight is 445 g/mol. The van der Waals surface area contributed by atoms with E-state index in [1.807, 2.05) is 18.2 Å². The van der Waals surface area contributed by atoms with Crippen LogP contribution in [0.1, 0.15) is 36.1 Å². The number of halogens is 2. The Hall–Kier alpha value is -2.08. The van der Waals surface area contributed by atoms with Gasteiger partial charge in [0.1, 0.15) is 10.6 Å². The molecule has 1 aliphatic rings. The number of aryl methyl sites for hydroxylation is 2. The Bertz CT molecular complexity index is 1270. The molecule has 0 atom stereocenters. The third-order valence-electron chi connectivity index (χ3n) is 5.38. The third kappa shape index (κ3) is 3.41. The van der Waals surface area contributed by atoms with Crippen molar-refractivity contribution in [2.24, 2.45) is 0 Å². The van der Waals surface area contributed by atoms with Gasteiger partial charge in [-0.2, -0.15) is 0 Å². The van der Waals surface area contributed by atoms with Crippen molar-refractivity contribution in [1.29, 1.82) is 0 Å². The molecule has 7 heteroatoms. The van der Waals surface area contributed by atoms with Crippen LogP contribution in [0.5, 0.6) is 0 Å². The van der Waals surface area contributed by atoms with Crippen LogP contribution < -0.4 is 5.56 Å². The van der Waals surface area contributed by atoms with E-state index in [4.69, 9.17) is 32.6 Å². The van der Waals surface area contributed by atoms with E-state index >= 15 is 0 Å². The first-order valence-corrected chi connectivity index (χ1v) is 11.3. The van der Waals surface area contributed by atoms with Crippen LogP contribution in [0.4, 0.5) is 0 Å². The van der Waals surface area contributed by atoms with Gasteiger partial charge in [-0.05, 0) is 55.5 Å². The summed E-state index contributed by atoms with van der Waals surface area (Å²) in [7, 11) is 0. The molecule has 4 nitrogen and oxygen atoms in total. The standard InChI is InChI=1S/C22H18Cl2N2O2S/c23-14-8-5-7-12(19(14)24)15-10-11-16(28-15)20-25-21(27)18-13-6-3-1-2-4-9-17(13)29-22(18)26-20/h5,7-8,10-11H,1-4,6,9H2,(H,25,26,27). The first-order valence-electron chi connectivity index (χ1n) is 9.71. The van der Waals surface area contributed by atoms with E-state index in [1.54, 1.807) is 23.5 Å². The molecule has 0 spiro atoms. The van der Waals surface area contributed by atoms with Gasteiger partial charge in [0.15, 0.2) is 11.6 Å². The number of rotatable bonds is 2. The smallest absolute Gasteiger partial charge is 0.260 e. The lowest BCUT2D eigenvalue weighted by atomic mass is 9.98. The van der Waals surface area contributed by atoms with Crippen LogP contribution in [0.25, 0.3) is 33.1 Å². The quantitative estimate of drug-likeness (QED) is 0.366. The summed E-state index contributed by atoms with van der Waals surface area (Å²) in [6.07, 6.45) is 6.76. The fraction of sp³-hybridized carbons (Fsp3) is 0.273. The van der Waals surface area contributed by atoms with Gasteiger partial charge in [0.05, 0.1) is 15.4 Å². The second kappa shape index (κ2) is 7.63. The molecule has 0 unspecified atom stereocenters. The van der Waals surface area contributed by atoms with E-state index in [-0.39, 0.29) is 5.56 Å². The molecule has 4 aromatic rings. The van der Waals surface area contributed by atoms with Crippen molar-refractivity contribution in [2.75, 3.05) is 0 Å². The maximum absolute atomic E-state index is 12.9. The van der Waals surface area contributed by atoms with Gasteiger partial charge in [-0.1, -0.05) is 42.1 Å². The predicted octanol–water partition coefficient (Wildman–Crippen LogP) is 6.88. The first-order chi connectivity index (χ1) is 14.1. The number of hydrogen-bond acceptors (Lipinski definition) is 4. The van der Waals surface area contributed by atoms with Gasteiger partial charge in [0.2, 0.25) is 0 Å². The minimum atomic E-state index is -0.0955. The number of hydrogen-bond donors (Lipinski definition) is 1. The normalized spacial score (nSPS) is 14.6. The van der Waals surface area contributed by atoms with E-state index in [2.05, 4.69) is 4.98 Å². The fourth-order valence-corrected chi connectivity index (χ4v) is 5.59. The van der Waals surface area contributed by atoms with Gasteiger partial charge in [0, 0.05) is 10.4 Å². The van der Waals surface area contributed by atoms with E-state index in [0.29, 0.717) is 33.0 Å². The largest absolute Gasteiger partial charge is 0.453 e. The van der Waals surface area contributed by atoms with Crippen LogP contribution in [0.2, 0.25) is 10.0 Å². The van der Waals surface area contributed by atoms with Crippen molar-refractivity contribution in [2.45, 2.75) is 38.5 Å². The lowest BCUT2D eigenvalue weighted by molar-refractivity contribution is 0.592. The number of benzene rings is 1. The van der Waals surface area contributed by atoms with E-state index < -0.39 is 0 Å². The van der Waals surface area contributed by atoms with Gasteiger partial charge in [-0.3, -0.25) is 4.79 Å². The zero-order valence-corrected chi connectivity index (χ0v) is 17.9. The molecule has 3 aromatic heterocycles. The Balaban J connectivity index is 1.59. The van der Waals surface area contributed by atoms with Crippen molar-refractivity contribution >= 4 is 44.8 Å². The number of H-pyrrole nitrogens is 1. The summed E-state index contributed by atoms with van der Waals surface area (Å²) >= 11 is 14.1. The number of nitrogens with zero attached hydrogens (tertiary/aromatic N) is 1. The average Bonchev–Trinajstić information content (AvgIpc) is 3.29. The molecule has 0 aliphatic heterocycles. The van der Waals surface area contributed by atoms with Crippen molar-refractivity contribution in [3.8, 4) is 22.9 Å². The van der Waals surface area contributed by atoms with Crippen LogP contribution >= 0.6 is 34.5 Å². The summed E-state index contributed by atoms with van der Waals surface area (Å²) < 4.78 is 5.97. The lowest BCUT2D eigenvalue weighted by Crippen LogP contribution is -2.10. The first kappa shape index (κ1) is 18.9. The van der Waals surface area contributed by atoms with E-state index in [1.165, 1.54) is 29.7 Å². The van der Waals surface area contributed by atoms with Crippen molar-refractivity contribution in [1.82, 2.24) is 9.97 Å². The molecular weight excluding hydrogens is 427 g/mol. The second-order valence-electron chi connectivity index (χ2n) is 7.28. The molecule has 0 saturated carbocycles. The highest BCUT2D eigenvalue weighted by Gasteiger charge is 2.20. The highest BCUT2D eigenvalue weighted by Crippen LogP contribution is 2.37. The van der Waals surface area contributed by atoms with Gasteiger partial charge in [-0.25, -0.2) is 4.98 Å². The van der Waals surface area contributed by atoms with Crippen molar-refractivity contribution in [3.63, 3.8) is 0 Å². The summed E-state index contributed by atoms with van der Waals surface area (Å²) in [6, 6.07) is 8.99. The molecule has 0 saturated heterocycles. The van der Waals surface area contributed by atoms with Gasteiger partial charge < -0.3 is 9.40 Å². The fourth-order valence-electron chi connectivity index (χ4n) is 3.94. The summed E-state index contributed by atoms with van der Waals surface area (Å²) in [5.41, 5.74) is 1.80. The molecule has 148 valence electrons. The summed E-state index contributed by atoms with van der Waals surface area (Å²) in [5, 5.41) is 1.65. The molecule has 1 aliphatic carbocycles. The minimum Gasteiger partial charge on any atom is -0.453 e. The van der Waals surface area contributed by atoms with Gasteiger partial charge in [-0.15, -0.1) is 11.3 Å². The van der Waals surface area contributed by atoms with Gasteiger partial charge >= 0.3 is 0 Å². The molecule has 0 fully saturated rings. The van der Waals surface area contributed by atoms with Crippen LogP contribution in [0, 0.1) is 0 Å². The van der Waals surface area contributed by atoms with E-state index in [0.717, 1.165) is 29.5 Å². The molecular formula is C22H18Cl2N2O2S. The lowest BCUT2D eigenvalue weighted by Gasteiger charge is -2.08. The van der Waals surface area contributed by atoms with Crippen molar-refractivity contribution in [3.05, 3.63) is 61.2 Å². The Morgan fingerprint density at radius 2 is 1.79 bits per heavy atom. The highest BCUT2D eigenvalue weighted by atomic mass is 35.5. The number of thiophene rings is 1. The molecule has 1 aromatic carbocycles. The van der Waals surface area contributed by atoms with Crippen LogP contribution in [-0.2, 0) is 12.8 Å². The molecule has 29 heavy (non-hydrogen) atoms. The number of nitrogens with one attached hydrogen (secondary N) is 1. The monoisotopic (exact) mass is 444 g/mol. The molecule has 5 rings (SSSR count). The number of fused-ring (bicyclic) bond motifs is 3. The maximum atomic E-state index is 12.9. The molecule has 0 bridgehead atoms. The van der Waals surface area contributed by atoms with Crippen LogP contribution in [-0.4, -0.2) is 9.97 Å². The zero-order valence-electron chi connectivity index (χ0n) is 15.6. The Morgan fingerprint density at radius 3 is 2.66 bits per heavy atom. The minimum absolute atomic E-state index is 0.0955. The molecule has 1 N–H and O–H groups in total. The molecule has 0 amide bonds. The number of aromatic amines is 1. The molecule has 0 radical (unpaired) electrons. The second-order valence-corrected chi connectivity index (χ2v) is 9.15. The molecule has 3 heterocycles. The third-order valence-corrected chi connectivity index (χ3v) is 7.39. The zero-order chi connectivity index (χ0) is 20.0. The van der Waals surface area contributed by atoms with Gasteiger partial charge in [0.25, 0.3) is 5.56 Å². The van der Waals surface area contributed by atoms with Crippen molar-refractivity contribution < 1.29 is 4.42 Å². The topological polar surface area (TPSA) is 58.9 Å². The SMILES string of the molecule is O=c1[nH]c(-c2ccc(-c3cccc(Cl)c3Cl)o2)nc2sc3c(c12)CCCCCC3. The van der Waals surface area contributed by atoms with Crippen LogP contribution in [0.15, 0.2) is 39.5 Å². The maximum Gasteiger partial charge on any atom is 0.260 e. The number of furan rings is 1. The Morgan fingerprint density at radius 1 is 1.00 bits per heavy atom. The Labute approximate surface area is 181 Å². The van der Waals surface area contributed by atoms with E-state index in [9.17, 15) is 4.79 Å². The summed E-state index contributed by atoms with van der Waals surface area (Å²) in [4.78, 5) is 22.6. The summed E-state index contributed by atoms with van der Waals surface area (Å²) in [6.45, 7) is 0. The Kier molecular flexibility index (Phi) is 4.98.